The monoisotopic (exact) mass is 343 g/mol. The van der Waals surface area contributed by atoms with E-state index in [0.29, 0.717) is 6.61 Å². The molecule has 0 aliphatic heterocycles. The Morgan fingerprint density at radius 3 is 2.75 bits per heavy atom. The van der Waals surface area contributed by atoms with Crippen LogP contribution >= 0.6 is 11.3 Å². The maximum atomic E-state index is 9.18. The average molecular weight is 343 g/mol. The number of hydrogen-bond donors (Lipinski definition) is 2. The molecule has 0 aliphatic carbocycles. The molecule has 2 aromatic rings. The number of hydrogen-bond acceptors (Lipinski definition) is 4. The number of ether oxygens (including phenoxy) is 1. The quantitative estimate of drug-likeness (QED) is 0.569. The summed E-state index contributed by atoms with van der Waals surface area (Å²) in [5.41, 5.74) is 5.45. The van der Waals surface area contributed by atoms with Crippen molar-refractivity contribution in [2.75, 3.05) is 13.2 Å². The Hall–Kier alpha value is -1.80. The summed E-state index contributed by atoms with van der Waals surface area (Å²) in [6.45, 7) is 2.57. The van der Waals surface area contributed by atoms with E-state index in [9.17, 15) is 5.11 Å². The van der Waals surface area contributed by atoms with Gasteiger partial charge in [-0.25, -0.2) is 0 Å². The minimum atomic E-state index is -0.505. The summed E-state index contributed by atoms with van der Waals surface area (Å²) in [7, 11) is 0. The third-order valence-electron chi connectivity index (χ3n) is 3.64. The van der Waals surface area contributed by atoms with Crippen LogP contribution in [0.1, 0.15) is 35.9 Å². The number of para-hydroxylation sites is 1. The molecule has 2 rings (SSSR count). The van der Waals surface area contributed by atoms with E-state index in [2.05, 4.69) is 24.0 Å². The largest absolute Gasteiger partial charge is 0.494 e. The lowest BCUT2D eigenvalue weighted by atomic mass is 9.98. The average Bonchev–Trinajstić information content (AvgIpc) is 3.05. The summed E-state index contributed by atoms with van der Waals surface area (Å²) in [6, 6.07) is 14.0. The second-order valence-corrected chi connectivity index (χ2v) is 7.31. The number of rotatable bonds is 8. The zero-order valence-electron chi connectivity index (χ0n) is 14.1. The highest BCUT2D eigenvalue weighted by atomic mass is 32.1. The molecule has 128 valence electrons. The molecule has 24 heavy (non-hydrogen) atoms. The van der Waals surface area contributed by atoms with Crippen LogP contribution in [0.4, 0.5) is 0 Å². The van der Waals surface area contributed by atoms with Gasteiger partial charge in [0.05, 0.1) is 18.1 Å². The van der Waals surface area contributed by atoms with Gasteiger partial charge in [0.2, 0.25) is 0 Å². The first-order chi connectivity index (χ1) is 11.6. The van der Waals surface area contributed by atoms with Crippen molar-refractivity contribution in [1.29, 1.82) is 0 Å². The maximum absolute atomic E-state index is 9.18. The molecule has 1 atom stereocenters. The first-order valence-electron chi connectivity index (χ1n) is 8.24. The first-order valence-corrected chi connectivity index (χ1v) is 9.06. The second-order valence-electron chi connectivity index (χ2n) is 6.14. The van der Waals surface area contributed by atoms with Gasteiger partial charge in [0, 0.05) is 16.8 Å². The molecule has 0 amide bonds. The molecule has 0 spiro atoms. The van der Waals surface area contributed by atoms with E-state index in [0.717, 1.165) is 36.3 Å². The van der Waals surface area contributed by atoms with Crippen molar-refractivity contribution in [1.82, 2.24) is 0 Å². The molecular formula is C20H25NO2S. The molecule has 3 N–H and O–H groups in total. The minimum absolute atomic E-state index is 0.0100. The minimum Gasteiger partial charge on any atom is -0.494 e. The number of aryl methyl sites for hydroxylation is 1. The lowest BCUT2D eigenvalue weighted by molar-refractivity contribution is 0.201. The molecule has 0 radical (unpaired) electrons. The van der Waals surface area contributed by atoms with E-state index < -0.39 is 5.54 Å². The molecular weight excluding hydrogens is 318 g/mol. The second kappa shape index (κ2) is 9.48. The van der Waals surface area contributed by atoms with Crippen LogP contribution in [-0.2, 0) is 6.42 Å². The summed E-state index contributed by atoms with van der Waals surface area (Å²) in [5, 5.41) is 9.18. The van der Waals surface area contributed by atoms with E-state index in [1.807, 2.05) is 37.3 Å². The van der Waals surface area contributed by atoms with Gasteiger partial charge in [-0.1, -0.05) is 30.0 Å². The van der Waals surface area contributed by atoms with Gasteiger partial charge in [-0.3, -0.25) is 0 Å². The Balaban J connectivity index is 1.68. The molecule has 0 aliphatic rings. The zero-order chi connectivity index (χ0) is 17.3. The summed E-state index contributed by atoms with van der Waals surface area (Å²) in [6.07, 6.45) is 3.39. The Morgan fingerprint density at radius 2 is 2.00 bits per heavy atom. The number of unbranched alkanes of at least 4 members (excludes halogenated alkanes) is 1. The summed E-state index contributed by atoms with van der Waals surface area (Å²) >= 11 is 1.70. The fourth-order valence-electron chi connectivity index (χ4n) is 2.08. The van der Waals surface area contributed by atoms with Crippen LogP contribution < -0.4 is 10.5 Å². The van der Waals surface area contributed by atoms with E-state index in [4.69, 9.17) is 10.5 Å². The molecule has 1 aromatic carbocycles. The molecule has 4 heteroatoms. The van der Waals surface area contributed by atoms with Crippen molar-refractivity contribution in [3.63, 3.8) is 0 Å². The number of aliphatic hydroxyl groups is 1. The summed E-state index contributed by atoms with van der Waals surface area (Å²) < 4.78 is 5.64. The lowest BCUT2D eigenvalue weighted by Gasteiger charge is -2.20. The van der Waals surface area contributed by atoms with Crippen LogP contribution in [0.3, 0.4) is 0 Å². The predicted molar refractivity (Wildman–Crippen MR) is 100 cm³/mol. The fourth-order valence-corrected chi connectivity index (χ4v) is 2.97. The fraction of sp³-hybridized carbons (Fsp3) is 0.400. The summed E-state index contributed by atoms with van der Waals surface area (Å²) in [4.78, 5) is 2.34. The highest BCUT2D eigenvalue weighted by molar-refractivity contribution is 7.12. The highest BCUT2D eigenvalue weighted by Crippen LogP contribution is 2.19. The normalized spacial score (nSPS) is 13.0. The van der Waals surface area contributed by atoms with Crippen LogP contribution in [0.5, 0.6) is 5.75 Å². The van der Waals surface area contributed by atoms with Crippen LogP contribution in [0.2, 0.25) is 0 Å². The SMILES string of the molecule is CC(N)(CO)CCc1ccc(C#CCCCOc2ccccc2)s1. The standard InChI is InChI=1S/C20H25NO2S/c1-20(21,16-22)14-13-19-12-11-18(24-19)10-6-3-7-15-23-17-8-4-2-5-9-17/h2,4-5,8-9,11-12,22H,3,7,13-16,21H2,1H3. The van der Waals surface area contributed by atoms with E-state index >= 15 is 0 Å². The number of aliphatic hydroxyl groups excluding tert-OH is 1. The number of thiophene rings is 1. The van der Waals surface area contributed by atoms with Gasteiger partial charge in [0.15, 0.2) is 0 Å². The van der Waals surface area contributed by atoms with Gasteiger partial charge >= 0.3 is 0 Å². The van der Waals surface area contributed by atoms with Gasteiger partial charge in [0.25, 0.3) is 0 Å². The first kappa shape index (κ1) is 18.5. The van der Waals surface area contributed by atoms with Gasteiger partial charge in [-0.2, -0.15) is 0 Å². The molecule has 1 unspecified atom stereocenters. The van der Waals surface area contributed by atoms with E-state index in [1.165, 1.54) is 4.88 Å². The van der Waals surface area contributed by atoms with E-state index in [-0.39, 0.29) is 6.61 Å². The zero-order valence-corrected chi connectivity index (χ0v) is 14.9. The highest BCUT2D eigenvalue weighted by Gasteiger charge is 2.16. The van der Waals surface area contributed by atoms with Crippen LogP contribution in [0, 0.1) is 11.8 Å². The third kappa shape index (κ3) is 6.76. The topological polar surface area (TPSA) is 55.5 Å². The molecule has 0 fully saturated rings. The summed E-state index contributed by atoms with van der Waals surface area (Å²) in [5.74, 6) is 7.31. The van der Waals surface area contributed by atoms with Crippen molar-refractivity contribution >= 4 is 11.3 Å². The van der Waals surface area contributed by atoms with Crippen molar-refractivity contribution < 1.29 is 9.84 Å². The maximum Gasteiger partial charge on any atom is 0.119 e. The smallest absolute Gasteiger partial charge is 0.119 e. The third-order valence-corrected chi connectivity index (χ3v) is 4.70. The van der Waals surface area contributed by atoms with Gasteiger partial charge in [0.1, 0.15) is 5.75 Å². The van der Waals surface area contributed by atoms with E-state index in [1.54, 1.807) is 11.3 Å². The van der Waals surface area contributed by atoms with Crippen LogP contribution in [0.25, 0.3) is 0 Å². The number of nitrogens with two attached hydrogens (primary N) is 1. The Morgan fingerprint density at radius 1 is 1.21 bits per heavy atom. The van der Waals surface area contributed by atoms with Crippen LogP contribution in [-0.4, -0.2) is 23.9 Å². The molecule has 1 heterocycles. The Labute approximate surface area is 148 Å². The van der Waals surface area contributed by atoms with Crippen molar-refractivity contribution in [2.45, 2.75) is 38.1 Å². The van der Waals surface area contributed by atoms with Crippen molar-refractivity contribution in [3.05, 3.63) is 52.2 Å². The predicted octanol–water partition coefficient (Wildman–Crippen LogP) is 3.60. The molecule has 0 saturated heterocycles. The molecule has 0 saturated carbocycles. The Kier molecular flexibility index (Phi) is 7.33. The lowest BCUT2D eigenvalue weighted by Crippen LogP contribution is -2.40. The van der Waals surface area contributed by atoms with Gasteiger partial charge in [-0.15, -0.1) is 11.3 Å². The van der Waals surface area contributed by atoms with Crippen LogP contribution in [0.15, 0.2) is 42.5 Å². The van der Waals surface area contributed by atoms with Crippen molar-refractivity contribution in [2.24, 2.45) is 5.73 Å². The van der Waals surface area contributed by atoms with Gasteiger partial charge < -0.3 is 15.6 Å². The number of benzene rings is 1. The van der Waals surface area contributed by atoms with Crippen molar-refractivity contribution in [3.8, 4) is 17.6 Å². The molecule has 1 aromatic heterocycles. The van der Waals surface area contributed by atoms with Gasteiger partial charge in [-0.05, 0) is 50.5 Å². The Bertz CT molecular complexity index is 668. The molecule has 3 nitrogen and oxygen atoms in total. The molecule has 0 bridgehead atoms.